The minimum Gasteiger partial charge on any atom is -0.481 e. The Morgan fingerprint density at radius 1 is 1.29 bits per heavy atom. The van der Waals surface area contributed by atoms with Crippen molar-refractivity contribution in [2.24, 2.45) is 5.92 Å². The van der Waals surface area contributed by atoms with E-state index < -0.39 is 0 Å². The number of nitrogens with one attached hydrogen (secondary N) is 1. The number of methoxy groups -OCH3 is 1. The highest BCUT2D eigenvalue weighted by atomic mass is 16.5. The van der Waals surface area contributed by atoms with E-state index in [-0.39, 0.29) is 0 Å². The Kier molecular flexibility index (Phi) is 5.30. The molecule has 2 aromatic heterocycles. The van der Waals surface area contributed by atoms with Gasteiger partial charge < -0.3 is 14.5 Å². The van der Waals surface area contributed by atoms with Gasteiger partial charge in [0.1, 0.15) is 5.76 Å². The Hall–Kier alpha value is -2.15. The lowest BCUT2D eigenvalue weighted by Crippen LogP contribution is -2.35. The molecule has 0 amide bonds. The number of hydrogen-bond acceptors (Lipinski definition) is 7. The van der Waals surface area contributed by atoms with Gasteiger partial charge in [-0.3, -0.25) is 4.90 Å². The van der Waals surface area contributed by atoms with Gasteiger partial charge in [-0.1, -0.05) is 0 Å². The van der Waals surface area contributed by atoms with Crippen LogP contribution in [0.1, 0.15) is 30.2 Å². The van der Waals surface area contributed by atoms with Gasteiger partial charge in [-0.2, -0.15) is 4.98 Å². The van der Waals surface area contributed by atoms with E-state index in [4.69, 9.17) is 9.15 Å². The van der Waals surface area contributed by atoms with E-state index in [1.807, 2.05) is 13.8 Å². The molecule has 0 aromatic carbocycles. The summed E-state index contributed by atoms with van der Waals surface area (Å²) < 4.78 is 10.8. The monoisotopic (exact) mass is 331 g/mol. The first kappa shape index (κ1) is 16.7. The van der Waals surface area contributed by atoms with Crippen molar-refractivity contribution >= 4 is 5.95 Å². The van der Waals surface area contributed by atoms with E-state index in [9.17, 15) is 0 Å². The topological polar surface area (TPSA) is 76.3 Å². The zero-order valence-electron chi connectivity index (χ0n) is 14.6. The summed E-state index contributed by atoms with van der Waals surface area (Å²) >= 11 is 0. The van der Waals surface area contributed by atoms with E-state index in [2.05, 4.69) is 25.2 Å². The number of rotatable bonds is 6. The van der Waals surface area contributed by atoms with Crippen molar-refractivity contribution < 1.29 is 9.15 Å². The van der Waals surface area contributed by atoms with Crippen molar-refractivity contribution in [1.82, 2.24) is 19.9 Å². The fraction of sp³-hybridized carbons (Fsp3) is 0.588. The molecule has 1 aliphatic rings. The van der Waals surface area contributed by atoms with Gasteiger partial charge in [-0.05, 0) is 45.7 Å². The first-order valence-electron chi connectivity index (χ1n) is 8.40. The van der Waals surface area contributed by atoms with Crippen LogP contribution in [-0.2, 0) is 6.54 Å². The van der Waals surface area contributed by atoms with Gasteiger partial charge in [0.25, 0.3) is 0 Å². The summed E-state index contributed by atoms with van der Waals surface area (Å²) in [6, 6.07) is 1.75. The van der Waals surface area contributed by atoms with E-state index >= 15 is 0 Å². The number of nitrogens with zero attached hydrogens (tertiary/aromatic N) is 4. The van der Waals surface area contributed by atoms with Gasteiger partial charge >= 0.3 is 0 Å². The van der Waals surface area contributed by atoms with Crippen LogP contribution in [0.3, 0.4) is 0 Å². The maximum atomic E-state index is 5.68. The lowest BCUT2D eigenvalue weighted by Gasteiger charge is -2.31. The Morgan fingerprint density at radius 2 is 2.08 bits per heavy atom. The molecule has 1 saturated heterocycles. The molecule has 3 heterocycles. The van der Waals surface area contributed by atoms with Gasteiger partial charge in [0.15, 0.2) is 0 Å². The van der Waals surface area contributed by atoms with Gasteiger partial charge in [0.05, 0.1) is 19.3 Å². The lowest BCUT2D eigenvalue weighted by molar-refractivity contribution is 0.167. The van der Waals surface area contributed by atoms with Crippen LogP contribution < -0.4 is 10.1 Å². The molecule has 24 heavy (non-hydrogen) atoms. The molecule has 7 heteroatoms. The molecule has 1 fully saturated rings. The number of aryl methyl sites for hydroxylation is 2. The maximum absolute atomic E-state index is 5.68. The molecule has 0 unspecified atom stereocenters. The molecule has 130 valence electrons. The highest BCUT2D eigenvalue weighted by molar-refractivity contribution is 5.27. The molecule has 7 nitrogen and oxygen atoms in total. The average Bonchev–Trinajstić information content (AvgIpc) is 2.92. The Balaban J connectivity index is 1.43. The minimum atomic E-state index is 0.582. The van der Waals surface area contributed by atoms with Crippen molar-refractivity contribution in [1.29, 1.82) is 0 Å². The molecule has 2 aromatic rings. The van der Waals surface area contributed by atoms with E-state index in [1.165, 1.54) is 0 Å². The first-order valence-corrected chi connectivity index (χ1v) is 8.40. The van der Waals surface area contributed by atoms with Gasteiger partial charge in [-0.15, -0.1) is 0 Å². The molecule has 0 saturated carbocycles. The Morgan fingerprint density at radius 3 is 2.75 bits per heavy atom. The third kappa shape index (κ3) is 4.23. The predicted octanol–water partition coefficient (Wildman–Crippen LogP) is 2.41. The largest absolute Gasteiger partial charge is 0.481 e. The second-order valence-corrected chi connectivity index (χ2v) is 6.27. The van der Waals surface area contributed by atoms with Crippen LogP contribution in [0.2, 0.25) is 0 Å². The number of piperidine rings is 1. The molecule has 0 bridgehead atoms. The summed E-state index contributed by atoms with van der Waals surface area (Å²) in [7, 11) is 1.61. The molecular formula is C17H25N5O2. The fourth-order valence-electron chi connectivity index (χ4n) is 2.92. The molecular weight excluding hydrogens is 306 g/mol. The van der Waals surface area contributed by atoms with Crippen molar-refractivity contribution in [3.05, 3.63) is 29.6 Å². The normalized spacial score (nSPS) is 16.3. The summed E-state index contributed by atoms with van der Waals surface area (Å²) in [6.07, 6.45) is 4.00. The molecule has 0 atom stereocenters. The number of anilines is 1. The fourth-order valence-corrected chi connectivity index (χ4v) is 2.92. The molecule has 1 N–H and O–H groups in total. The summed E-state index contributed by atoms with van der Waals surface area (Å²) in [4.78, 5) is 15.4. The molecule has 0 radical (unpaired) electrons. The van der Waals surface area contributed by atoms with E-state index in [0.717, 1.165) is 56.4 Å². The van der Waals surface area contributed by atoms with Gasteiger partial charge in [-0.25, -0.2) is 9.97 Å². The maximum Gasteiger partial charge on any atom is 0.225 e. The van der Waals surface area contributed by atoms with Crippen LogP contribution in [0.5, 0.6) is 5.88 Å². The summed E-state index contributed by atoms with van der Waals surface area (Å²) in [5.41, 5.74) is 0.988. The zero-order valence-corrected chi connectivity index (χ0v) is 14.6. The smallest absolute Gasteiger partial charge is 0.225 e. The first-order chi connectivity index (χ1) is 11.6. The van der Waals surface area contributed by atoms with Gasteiger partial charge in [0.2, 0.25) is 17.7 Å². The highest BCUT2D eigenvalue weighted by Gasteiger charge is 2.21. The molecule has 3 rings (SSSR count). The van der Waals surface area contributed by atoms with Crippen molar-refractivity contribution in [3.63, 3.8) is 0 Å². The van der Waals surface area contributed by atoms with Crippen molar-refractivity contribution in [3.8, 4) is 5.88 Å². The van der Waals surface area contributed by atoms with E-state index in [1.54, 1.807) is 19.4 Å². The third-order valence-corrected chi connectivity index (χ3v) is 4.53. The number of ether oxygens (including phenoxy) is 1. The van der Waals surface area contributed by atoms with Crippen LogP contribution in [-0.4, -0.2) is 46.6 Å². The number of likely N-dealkylation sites (tertiary alicyclic amines) is 1. The summed E-state index contributed by atoms with van der Waals surface area (Å²) in [5, 5.41) is 3.31. The van der Waals surface area contributed by atoms with Crippen LogP contribution in [0.4, 0.5) is 5.95 Å². The SMILES string of the molecule is COc1ccnc(NCC2CCN(Cc3nc(C)c(C)o3)CC2)n1. The van der Waals surface area contributed by atoms with Crippen LogP contribution >= 0.6 is 0 Å². The molecule has 1 aliphatic heterocycles. The minimum absolute atomic E-state index is 0.582. The highest BCUT2D eigenvalue weighted by Crippen LogP contribution is 2.20. The predicted molar refractivity (Wildman–Crippen MR) is 91.1 cm³/mol. The Bertz CT molecular complexity index is 645. The third-order valence-electron chi connectivity index (χ3n) is 4.53. The second kappa shape index (κ2) is 7.61. The number of aromatic nitrogens is 3. The quantitative estimate of drug-likeness (QED) is 0.871. The molecule has 0 aliphatic carbocycles. The molecule has 0 spiro atoms. The lowest BCUT2D eigenvalue weighted by atomic mass is 9.97. The van der Waals surface area contributed by atoms with Crippen LogP contribution in [0.15, 0.2) is 16.7 Å². The van der Waals surface area contributed by atoms with Crippen molar-refractivity contribution in [2.75, 3.05) is 32.1 Å². The van der Waals surface area contributed by atoms with E-state index in [0.29, 0.717) is 17.7 Å². The summed E-state index contributed by atoms with van der Waals surface area (Å²) in [5.74, 6) is 3.58. The zero-order chi connectivity index (χ0) is 16.9. The second-order valence-electron chi connectivity index (χ2n) is 6.27. The van der Waals surface area contributed by atoms with Crippen molar-refractivity contribution in [2.45, 2.75) is 33.2 Å². The Labute approximate surface area is 142 Å². The average molecular weight is 331 g/mol. The standard InChI is InChI=1S/C17H25N5O2/c1-12-13(2)24-16(20-12)11-22-8-5-14(6-9-22)10-19-17-18-7-4-15(21-17)23-3/h4,7,14H,5-6,8-11H2,1-3H3,(H,18,19,21). The number of hydrogen-bond donors (Lipinski definition) is 1. The van der Waals surface area contributed by atoms with Gasteiger partial charge in [0, 0.05) is 18.8 Å². The van der Waals surface area contributed by atoms with Crippen LogP contribution in [0, 0.1) is 19.8 Å². The summed E-state index contributed by atoms with van der Waals surface area (Å²) in [6.45, 7) is 7.76. The van der Waals surface area contributed by atoms with Crippen LogP contribution in [0.25, 0.3) is 0 Å². The number of oxazole rings is 1.